The summed E-state index contributed by atoms with van der Waals surface area (Å²) < 4.78 is 7.68. The van der Waals surface area contributed by atoms with Crippen molar-refractivity contribution in [3.8, 4) is 5.75 Å². The number of amides is 2. The van der Waals surface area contributed by atoms with Gasteiger partial charge >= 0.3 is 5.97 Å². The van der Waals surface area contributed by atoms with E-state index in [9.17, 15) is 14.4 Å². The van der Waals surface area contributed by atoms with Gasteiger partial charge in [-0.3, -0.25) is 19.1 Å². The van der Waals surface area contributed by atoms with Gasteiger partial charge in [0.15, 0.2) is 5.69 Å². The Labute approximate surface area is 238 Å². The number of fused-ring (bicyclic) bond motifs is 2. The fourth-order valence-electron chi connectivity index (χ4n) is 5.46. The van der Waals surface area contributed by atoms with E-state index in [0.29, 0.717) is 60.7 Å². The van der Waals surface area contributed by atoms with Crippen LogP contribution in [0.3, 0.4) is 0 Å². The van der Waals surface area contributed by atoms with E-state index in [2.05, 4.69) is 20.6 Å². The highest BCUT2D eigenvalue weighted by molar-refractivity contribution is 6.04. The molecule has 10 nitrogen and oxygen atoms in total. The Morgan fingerprint density at radius 1 is 1.20 bits per heavy atom. The third kappa shape index (κ3) is 5.80. The highest BCUT2D eigenvalue weighted by atomic mass is 16.5. The van der Waals surface area contributed by atoms with Crippen LogP contribution < -0.4 is 15.4 Å². The number of carboxylic acids is 1. The molecule has 0 unspecified atom stereocenters. The van der Waals surface area contributed by atoms with Gasteiger partial charge in [-0.25, -0.2) is 4.85 Å². The topological polar surface area (TPSA) is 127 Å². The van der Waals surface area contributed by atoms with Gasteiger partial charge < -0.3 is 20.5 Å². The standard InChI is InChI=1S/C31H33N5O5/c1-30(2,3)36-18-22(17-33-36)34-28(39)20-9-11-26-23(14-20)31(12-13-41-26)16-24(31)29(40)35-25-15-21(32-4)10-8-19(25)6-5-7-27(37)38/h8-11,14-15,17-18,24H,5-7,12-13,16H2,1-3H3,(H,34,39)(H,35,40)(H,37,38)/t24-,31-/m0/s1. The third-order valence-corrected chi connectivity index (χ3v) is 7.82. The largest absolute Gasteiger partial charge is 0.493 e. The van der Waals surface area contributed by atoms with Gasteiger partial charge in [0, 0.05) is 40.8 Å². The molecule has 0 radical (unpaired) electrons. The highest BCUT2D eigenvalue weighted by Gasteiger charge is 2.61. The van der Waals surface area contributed by atoms with Crippen LogP contribution in [0, 0.1) is 12.5 Å². The number of nitrogens with one attached hydrogen (secondary N) is 2. The van der Waals surface area contributed by atoms with E-state index >= 15 is 0 Å². The Kier molecular flexibility index (Phi) is 7.30. The Hall–Kier alpha value is -4.65. The van der Waals surface area contributed by atoms with Crippen LogP contribution in [0.2, 0.25) is 0 Å². The maximum Gasteiger partial charge on any atom is 0.303 e. The minimum Gasteiger partial charge on any atom is -0.493 e. The number of ether oxygens (including phenoxy) is 1. The van der Waals surface area contributed by atoms with Gasteiger partial charge in [0.1, 0.15) is 5.75 Å². The third-order valence-electron chi connectivity index (χ3n) is 7.82. The molecule has 2 amide bonds. The zero-order valence-corrected chi connectivity index (χ0v) is 23.4. The molecule has 2 aromatic carbocycles. The first kappa shape index (κ1) is 27.9. The second kappa shape index (κ2) is 10.7. The molecular weight excluding hydrogens is 522 g/mol. The molecule has 1 aliphatic carbocycles. The predicted molar refractivity (Wildman–Crippen MR) is 153 cm³/mol. The molecule has 0 bridgehead atoms. The number of rotatable bonds is 8. The Morgan fingerprint density at radius 3 is 2.71 bits per heavy atom. The van der Waals surface area contributed by atoms with Gasteiger partial charge in [0.25, 0.3) is 5.91 Å². The second-order valence-electron chi connectivity index (χ2n) is 11.7. The number of aliphatic carboxylic acids is 1. The van der Waals surface area contributed by atoms with E-state index in [1.54, 1.807) is 47.4 Å². The average molecular weight is 556 g/mol. The van der Waals surface area contributed by atoms with Crippen molar-refractivity contribution in [2.45, 2.75) is 63.8 Å². The SMILES string of the molecule is [C-]#[N+]c1ccc(CCCC(=O)O)c(NC(=O)[C@@H]2C[C@]23CCOc2ccc(C(=O)Nc4cnn(C(C)(C)C)c4)cc23)c1. The lowest BCUT2D eigenvalue weighted by Crippen LogP contribution is -2.27. The van der Waals surface area contributed by atoms with Crippen LogP contribution in [-0.2, 0) is 27.0 Å². The molecule has 1 aliphatic heterocycles. The molecule has 1 fully saturated rings. The summed E-state index contributed by atoms with van der Waals surface area (Å²) in [6.45, 7) is 13.9. The number of nitrogens with zero attached hydrogens (tertiary/aromatic N) is 3. The van der Waals surface area contributed by atoms with Crippen LogP contribution in [0.25, 0.3) is 4.85 Å². The summed E-state index contributed by atoms with van der Waals surface area (Å²) in [6.07, 6.45) is 5.60. The molecule has 3 aromatic rings. The summed E-state index contributed by atoms with van der Waals surface area (Å²) >= 11 is 0. The molecule has 2 atom stereocenters. The molecule has 212 valence electrons. The number of carbonyl (C=O) groups excluding carboxylic acids is 2. The molecule has 5 rings (SSSR count). The lowest BCUT2D eigenvalue weighted by atomic mass is 9.86. The van der Waals surface area contributed by atoms with Crippen LogP contribution >= 0.6 is 0 Å². The number of aryl methyl sites for hydroxylation is 1. The van der Waals surface area contributed by atoms with Gasteiger partial charge in [-0.05, 0) is 76.3 Å². The van der Waals surface area contributed by atoms with E-state index in [1.165, 1.54) is 0 Å². The summed E-state index contributed by atoms with van der Waals surface area (Å²) in [7, 11) is 0. The molecule has 0 saturated heterocycles. The fraction of sp³-hybridized carbons (Fsp3) is 0.387. The molecule has 1 saturated carbocycles. The Morgan fingerprint density at radius 2 is 2.00 bits per heavy atom. The Balaban J connectivity index is 1.33. The molecule has 2 aliphatic rings. The van der Waals surface area contributed by atoms with Crippen molar-refractivity contribution in [2.75, 3.05) is 17.2 Å². The zero-order valence-electron chi connectivity index (χ0n) is 23.4. The lowest BCUT2D eigenvalue weighted by molar-refractivity contribution is -0.137. The minimum absolute atomic E-state index is 0.0231. The van der Waals surface area contributed by atoms with E-state index in [4.69, 9.17) is 16.4 Å². The molecular formula is C31H33N5O5. The highest BCUT2D eigenvalue weighted by Crippen LogP contribution is 2.61. The monoisotopic (exact) mass is 555 g/mol. The molecule has 1 aromatic heterocycles. The van der Waals surface area contributed by atoms with Crippen molar-refractivity contribution in [3.63, 3.8) is 0 Å². The second-order valence-corrected chi connectivity index (χ2v) is 11.7. The number of benzene rings is 2. The first-order valence-electron chi connectivity index (χ1n) is 13.7. The average Bonchev–Trinajstić information content (AvgIpc) is 3.43. The van der Waals surface area contributed by atoms with Gasteiger partial charge in [0.2, 0.25) is 5.91 Å². The molecule has 41 heavy (non-hydrogen) atoms. The minimum atomic E-state index is -0.875. The summed E-state index contributed by atoms with van der Waals surface area (Å²) in [5.74, 6) is -0.959. The predicted octanol–water partition coefficient (Wildman–Crippen LogP) is 5.53. The van der Waals surface area contributed by atoms with Crippen LogP contribution in [-0.4, -0.2) is 39.3 Å². The van der Waals surface area contributed by atoms with E-state index in [1.807, 2.05) is 26.8 Å². The van der Waals surface area contributed by atoms with Crippen LogP contribution in [0.5, 0.6) is 5.75 Å². The van der Waals surface area contributed by atoms with Crippen molar-refractivity contribution in [2.24, 2.45) is 5.92 Å². The Bertz CT molecular complexity index is 1560. The van der Waals surface area contributed by atoms with Gasteiger partial charge in [0.05, 0.1) is 30.6 Å². The number of anilines is 2. The quantitative estimate of drug-likeness (QED) is 0.314. The lowest BCUT2D eigenvalue weighted by Gasteiger charge is -2.27. The van der Waals surface area contributed by atoms with Gasteiger partial charge in [-0.15, -0.1) is 0 Å². The normalized spacial score (nSPS) is 19.0. The number of hydrogen-bond donors (Lipinski definition) is 3. The van der Waals surface area contributed by atoms with Crippen LogP contribution in [0.15, 0.2) is 48.8 Å². The van der Waals surface area contributed by atoms with Gasteiger partial charge in [-0.1, -0.05) is 12.1 Å². The fourth-order valence-corrected chi connectivity index (χ4v) is 5.46. The van der Waals surface area contributed by atoms with E-state index in [0.717, 1.165) is 11.1 Å². The van der Waals surface area contributed by atoms with Crippen LogP contribution in [0.4, 0.5) is 17.1 Å². The van der Waals surface area contributed by atoms with Crippen molar-refractivity contribution in [1.82, 2.24) is 9.78 Å². The van der Waals surface area contributed by atoms with Crippen molar-refractivity contribution < 1.29 is 24.2 Å². The molecule has 10 heteroatoms. The van der Waals surface area contributed by atoms with Crippen LogP contribution in [0.1, 0.15) is 67.9 Å². The van der Waals surface area contributed by atoms with Crippen molar-refractivity contribution in [3.05, 3.63) is 76.9 Å². The first-order valence-corrected chi connectivity index (χ1v) is 13.7. The van der Waals surface area contributed by atoms with E-state index in [-0.39, 0.29) is 29.7 Å². The molecule has 3 N–H and O–H groups in total. The number of carbonyl (C=O) groups is 3. The van der Waals surface area contributed by atoms with Crippen molar-refractivity contribution in [1.29, 1.82) is 0 Å². The van der Waals surface area contributed by atoms with Gasteiger partial charge in [-0.2, -0.15) is 5.10 Å². The number of hydrogen-bond acceptors (Lipinski definition) is 5. The summed E-state index contributed by atoms with van der Waals surface area (Å²) in [5, 5.41) is 19.3. The summed E-state index contributed by atoms with van der Waals surface area (Å²) in [5.41, 5.74) is 2.98. The maximum atomic E-state index is 13.5. The van der Waals surface area contributed by atoms with Crippen molar-refractivity contribution >= 4 is 34.8 Å². The maximum absolute atomic E-state index is 13.5. The zero-order chi connectivity index (χ0) is 29.4. The summed E-state index contributed by atoms with van der Waals surface area (Å²) in [6, 6.07) is 10.4. The smallest absolute Gasteiger partial charge is 0.303 e. The summed E-state index contributed by atoms with van der Waals surface area (Å²) in [4.78, 5) is 41.1. The van der Waals surface area contributed by atoms with E-state index < -0.39 is 11.4 Å². The number of carboxylic acid groups (broad SMARTS) is 1. The number of aromatic nitrogens is 2. The molecule has 2 heterocycles. The molecule has 1 spiro atoms. The first-order chi connectivity index (χ1) is 19.5.